The lowest BCUT2D eigenvalue weighted by atomic mass is 10.1. The fraction of sp³-hybridized carbons (Fsp3) is 0.250. The zero-order valence-electron chi connectivity index (χ0n) is 10.2. The summed E-state index contributed by atoms with van der Waals surface area (Å²) in [6.07, 6.45) is -0.200. The molecule has 0 heterocycles. The molecular weight excluding hydrogens is 351 g/mol. The summed E-state index contributed by atoms with van der Waals surface area (Å²) < 4.78 is 0.596. The highest BCUT2D eigenvalue weighted by atomic mass is 79.9. The van der Waals surface area contributed by atoms with Crippen molar-refractivity contribution in [3.63, 3.8) is 0 Å². The van der Waals surface area contributed by atoms with E-state index in [0.29, 0.717) is 9.50 Å². The molecule has 0 saturated heterocycles. The second kappa shape index (κ2) is 7.25. The van der Waals surface area contributed by atoms with E-state index < -0.39 is 23.8 Å². The molecule has 0 fully saturated rings. The standard InChI is InChI=1S/C12H12BrClN2O4/c13-7-3-6(4-8(14)5-7)11(18)16-9(12(19)20)1-2-10(15)17/h3-5,9H,1-2H2,(H2,15,17)(H,16,18)(H,19,20). The molecule has 0 radical (unpaired) electrons. The van der Waals surface area contributed by atoms with E-state index in [9.17, 15) is 14.4 Å². The monoisotopic (exact) mass is 362 g/mol. The number of hydrogen-bond acceptors (Lipinski definition) is 3. The fourth-order valence-electron chi connectivity index (χ4n) is 1.47. The van der Waals surface area contributed by atoms with Crippen LogP contribution >= 0.6 is 27.5 Å². The first-order valence-corrected chi connectivity index (χ1v) is 6.74. The molecule has 108 valence electrons. The van der Waals surface area contributed by atoms with Gasteiger partial charge in [-0.3, -0.25) is 9.59 Å². The van der Waals surface area contributed by atoms with Crippen LogP contribution in [0.25, 0.3) is 0 Å². The molecule has 1 atom stereocenters. The Morgan fingerprint density at radius 1 is 1.35 bits per heavy atom. The molecule has 1 aromatic rings. The number of nitrogens with one attached hydrogen (secondary N) is 1. The van der Waals surface area contributed by atoms with Gasteiger partial charge in [-0.25, -0.2) is 4.79 Å². The Labute approximate surface area is 128 Å². The van der Waals surface area contributed by atoms with Crippen molar-refractivity contribution in [1.82, 2.24) is 5.32 Å². The van der Waals surface area contributed by atoms with Gasteiger partial charge in [-0.1, -0.05) is 27.5 Å². The SMILES string of the molecule is NC(=O)CCC(NC(=O)c1cc(Cl)cc(Br)c1)C(=O)O. The summed E-state index contributed by atoms with van der Waals surface area (Å²) in [5.74, 6) is -2.46. The van der Waals surface area contributed by atoms with Crippen molar-refractivity contribution >= 4 is 45.3 Å². The first-order chi connectivity index (χ1) is 9.29. The number of halogens is 2. The average Bonchev–Trinajstić information content (AvgIpc) is 2.32. The maximum Gasteiger partial charge on any atom is 0.326 e. The fourth-order valence-corrected chi connectivity index (χ4v) is 2.33. The third kappa shape index (κ3) is 5.18. The minimum atomic E-state index is -1.24. The molecular formula is C12H12BrClN2O4. The summed E-state index contributed by atoms with van der Waals surface area (Å²) in [7, 11) is 0. The lowest BCUT2D eigenvalue weighted by Crippen LogP contribution is -2.41. The minimum Gasteiger partial charge on any atom is -0.480 e. The van der Waals surface area contributed by atoms with Crippen molar-refractivity contribution in [3.05, 3.63) is 33.3 Å². The number of carbonyl (C=O) groups is 3. The van der Waals surface area contributed by atoms with Gasteiger partial charge >= 0.3 is 5.97 Å². The quantitative estimate of drug-likeness (QED) is 0.712. The molecule has 6 nitrogen and oxygen atoms in total. The van der Waals surface area contributed by atoms with Crippen LogP contribution in [-0.4, -0.2) is 28.9 Å². The Balaban J connectivity index is 2.79. The van der Waals surface area contributed by atoms with Gasteiger partial charge in [0.2, 0.25) is 5.91 Å². The molecule has 1 rings (SSSR count). The summed E-state index contributed by atoms with van der Waals surface area (Å²) in [6.45, 7) is 0. The molecule has 0 aliphatic heterocycles. The van der Waals surface area contributed by atoms with Crippen LogP contribution in [-0.2, 0) is 9.59 Å². The van der Waals surface area contributed by atoms with Crippen molar-refractivity contribution in [2.24, 2.45) is 5.73 Å². The predicted octanol–water partition coefficient (Wildman–Crippen LogP) is 1.55. The molecule has 1 aromatic carbocycles. The molecule has 4 N–H and O–H groups in total. The average molecular weight is 364 g/mol. The molecule has 20 heavy (non-hydrogen) atoms. The molecule has 0 spiro atoms. The number of amides is 2. The van der Waals surface area contributed by atoms with E-state index in [1.54, 1.807) is 6.07 Å². The highest BCUT2D eigenvalue weighted by Crippen LogP contribution is 2.19. The summed E-state index contributed by atoms with van der Waals surface area (Å²) in [4.78, 5) is 33.6. The molecule has 0 aliphatic rings. The van der Waals surface area contributed by atoms with Crippen LogP contribution in [0.1, 0.15) is 23.2 Å². The second-order valence-corrected chi connectivity index (χ2v) is 5.38. The normalized spacial score (nSPS) is 11.7. The smallest absolute Gasteiger partial charge is 0.326 e. The highest BCUT2D eigenvalue weighted by Gasteiger charge is 2.21. The first kappa shape index (κ1) is 16.5. The van der Waals surface area contributed by atoms with Gasteiger partial charge in [-0.2, -0.15) is 0 Å². The van der Waals surface area contributed by atoms with Crippen LogP contribution < -0.4 is 11.1 Å². The Morgan fingerprint density at radius 2 is 2.00 bits per heavy atom. The van der Waals surface area contributed by atoms with E-state index >= 15 is 0 Å². The van der Waals surface area contributed by atoms with Crippen LogP contribution in [0.4, 0.5) is 0 Å². The Morgan fingerprint density at radius 3 is 2.50 bits per heavy atom. The second-order valence-electron chi connectivity index (χ2n) is 4.03. The van der Waals surface area contributed by atoms with Gasteiger partial charge in [0.05, 0.1) is 0 Å². The Kier molecular flexibility index (Phi) is 5.97. The molecule has 0 bridgehead atoms. The van der Waals surface area contributed by atoms with E-state index in [1.807, 2.05) is 0 Å². The topological polar surface area (TPSA) is 109 Å². The maximum absolute atomic E-state index is 11.9. The number of hydrogen-bond donors (Lipinski definition) is 3. The molecule has 0 aromatic heterocycles. The number of primary amides is 1. The van der Waals surface area contributed by atoms with Crippen LogP contribution in [0.3, 0.4) is 0 Å². The van der Waals surface area contributed by atoms with Crippen molar-refractivity contribution < 1.29 is 19.5 Å². The zero-order chi connectivity index (χ0) is 15.3. The highest BCUT2D eigenvalue weighted by molar-refractivity contribution is 9.10. The lowest BCUT2D eigenvalue weighted by molar-refractivity contribution is -0.139. The summed E-state index contributed by atoms with van der Waals surface area (Å²) >= 11 is 8.99. The van der Waals surface area contributed by atoms with Crippen molar-refractivity contribution in [2.45, 2.75) is 18.9 Å². The summed E-state index contributed by atoms with van der Waals surface area (Å²) in [5, 5.41) is 11.6. The number of carboxylic acids is 1. The minimum absolute atomic E-state index is 0.0713. The van der Waals surface area contributed by atoms with Crippen molar-refractivity contribution in [2.75, 3.05) is 0 Å². The maximum atomic E-state index is 11.9. The van der Waals surface area contributed by atoms with Crippen LogP contribution in [0.5, 0.6) is 0 Å². The van der Waals surface area contributed by atoms with Gasteiger partial charge in [0, 0.05) is 21.5 Å². The van der Waals surface area contributed by atoms with E-state index in [1.165, 1.54) is 12.1 Å². The van der Waals surface area contributed by atoms with E-state index in [2.05, 4.69) is 21.2 Å². The molecule has 1 unspecified atom stereocenters. The third-order valence-corrected chi connectivity index (χ3v) is 3.08. The number of nitrogens with two attached hydrogens (primary N) is 1. The summed E-state index contributed by atoms with van der Waals surface area (Å²) in [5.41, 5.74) is 5.17. The van der Waals surface area contributed by atoms with Crippen molar-refractivity contribution in [3.8, 4) is 0 Å². The van der Waals surface area contributed by atoms with Gasteiger partial charge in [0.25, 0.3) is 5.91 Å². The Hall–Kier alpha value is -1.60. The Bertz CT molecular complexity index is 530. The van der Waals surface area contributed by atoms with Crippen molar-refractivity contribution in [1.29, 1.82) is 0 Å². The number of benzene rings is 1. The summed E-state index contributed by atoms with van der Waals surface area (Å²) in [6, 6.07) is 3.33. The third-order valence-electron chi connectivity index (χ3n) is 2.41. The molecule has 0 saturated carbocycles. The molecule has 8 heteroatoms. The van der Waals surface area contributed by atoms with Crippen LogP contribution in [0.15, 0.2) is 22.7 Å². The van der Waals surface area contributed by atoms with Gasteiger partial charge in [-0.05, 0) is 24.6 Å². The first-order valence-electron chi connectivity index (χ1n) is 5.57. The van der Waals surface area contributed by atoms with Crippen LogP contribution in [0, 0.1) is 0 Å². The van der Waals surface area contributed by atoms with Gasteiger partial charge in [0.15, 0.2) is 0 Å². The van der Waals surface area contributed by atoms with Gasteiger partial charge < -0.3 is 16.2 Å². The van der Waals surface area contributed by atoms with E-state index in [-0.39, 0.29) is 18.4 Å². The molecule has 2 amide bonds. The molecule has 0 aliphatic carbocycles. The number of aliphatic carboxylic acids is 1. The van der Waals surface area contributed by atoms with Gasteiger partial charge in [-0.15, -0.1) is 0 Å². The lowest BCUT2D eigenvalue weighted by Gasteiger charge is -2.14. The van der Waals surface area contributed by atoms with E-state index in [0.717, 1.165) is 0 Å². The largest absolute Gasteiger partial charge is 0.480 e. The zero-order valence-corrected chi connectivity index (χ0v) is 12.6. The number of carboxylic acid groups (broad SMARTS) is 1. The van der Waals surface area contributed by atoms with Crippen LogP contribution in [0.2, 0.25) is 5.02 Å². The van der Waals surface area contributed by atoms with E-state index in [4.69, 9.17) is 22.4 Å². The van der Waals surface area contributed by atoms with Gasteiger partial charge in [0.1, 0.15) is 6.04 Å². The number of carbonyl (C=O) groups excluding carboxylic acids is 2. The predicted molar refractivity (Wildman–Crippen MR) is 76.5 cm³/mol. The number of rotatable bonds is 6.